The number of nitrogens with zero attached hydrogens (tertiary/aromatic N) is 4. The second kappa shape index (κ2) is 4.25. The lowest BCUT2D eigenvalue weighted by Crippen LogP contribution is -2.42. The molecule has 0 radical (unpaired) electrons. The van der Waals surface area contributed by atoms with Crippen molar-refractivity contribution >= 4 is 23.5 Å². The number of halogens is 1. The highest BCUT2D eigenvalue weighted by molar-refractivity contribution is 6.28. The highest BCUT2D eigenvalue weighted by Crippen LogP contribution is 2.54. The maximum absolute atomic E-state index is 9.39. The van der Waals surface area contributed by atoms with Crippen LogP contribution in [-0.4, -0.2) is 27.5 Å². The Bertz CT molecular complexity index is 507. The summed E-state index contributed by atoms with van der Waals surface area (Å²) < 4.78 is 0. The smallest absolute Gasteiger partial charge is 0.230 e. The van der Waals surface area contributed by atoms with Crippen LogP contribution in [0.1, 0.15) is 26.7 Å². The van der Waals surface area contributed by atoms with Crippen molar-refractivity contribution in [2.45, 2.75) is 32.2 Å². The molecule has 1 aromatic heterocycles. The van der Waals surface area contributed by atoms with Crippen molar-refractivity contribution in [3.05, 3.63) is 5.28 Å². The zero-order valence-corrected chi connectivity index (χ0v) is 11.3. The first-order valence-electron chi connectivity index (χ1n) is 5.71. The van der Waals surface area contributed by atoms with E-state index in [1.807, 2.05) is 6.92 Å². The molecule has 2 rings (SSSR count). The van der Waals surface area contributed by atoms with Gasteiger partial charge in [0.15, 0.2) is 0 Å². The fourth-order valence-corrected chi connectivity index (χ4v) is 1.90. The van der Waals surface area contributed by atoms with Crippen LogP contribution < -0.4 is 10.6 Å². The maximum atomic E-state index is 9.39. The minimum Gasteiger partial charge on any atom is -0.357 e. The van der Waals surface area contributed by atoms with Gasteiger partial charge in [-0.15, -0.1) is 0 Å². The lowest BCUT2D eigenvalue weighted by atomic mass is 9.85. The number of hydrogen-bond acceptors (Lipinski definition) is 6. The van der Waals surface area contributed by atoms with Crippen LogP contribution in [0.25, 0.3) is 0 Å². The van der Waals surface area contributed by atoms with Crippen molar-refractivity contribution in [1.82, 2.24) is 15.0 Å². The van der Waals surface area contributed by atoms with Crippen LogP contribution in [-0.2, 0) is 0 Å². The Morgan fingerprint density at radius 2 is 1.94 bits per heavy atom. The van der Waals surface area contributed by atoms with Crippen molar-refractivity contribution in [2.75, 3.05) is 17.7 Å². The summed E-state index contributed by atoms with van der Waals surface area (Å²) in [5.74, 6) is 0.690. The van der Waals surface area contributed by atoms with Gasteiger partial charge in [0, 0.05) is 12.5 Å². The first kappa shape index (κ1) is 12.8. The Balaban J connectivity index is 2.28. The van der Waals surface area contributed by atoms with Gasteiger partial charge in [-0.05, 0) is 31.4 Å². The van der Waals surface area contributed by atoms with Crippen molar-refractivity contribution in [2.24, 2.45) is 5.41 Å². The molecule has 1 aliphatic rings. The van der Waals surface area contributed by atoms with E-state index in [0.29, 0.717) is 11.9 Å². The van der Waals surface area contributed by atoms with E-state index in [1.165, 1.54) is 0 Å². The molecule has 1 aromatic rings. The molecule has 1 fully saturated rings. The molecule has 1 heterocycles. The quantitative estimate of drug-likeness (QED) is 0.867. The third kappa shape index (κ3) is 2.18. The molecule has 0 spiro atoms. The number of nitriles is 1. The normalized spacial score (nSPS) is 19.5. The van der Waals surface area contributed by atoms with E-state index in [9.17, 15) is 5.26 Å². The molecule has 96 valence electrons. The Kier molecular flexibility index (Phi) is 3.03. The van der Waals surface area contributed by atoms with Crippen LogP contribution >= 0.6 is 11.6 Å². The molecule has 0 saturated heterocycles. The topological polar surface area (TPSA) is 86.5 Å². The van der Waals surface area contributed by atoms with E-state index in [1.54, 1.807) is 7.05 Å². The number of nitrogens with one attached hydrogen (secondary N) is 2. The summed E-state index contributed by atoms with van der Waals surface area (Å²) in [5, 5.41) is 15.4. The molecular formula is C11H15ClN6. The van der Waals surface area contributed by atoms with Crippen LogP contribution in [0.2, 0.25) is 5.28 Å². The Hall–Kier alpha value is -1.61. The van der Waals surface area contributed by atoms with Crippen LogP contribution in [0.4, 0.5) is 11.9 Å². The average molecular weight is 267 g/mol. The van der Waals surface area contributed by atoms with E-state index in [-0.39, 0.29) is 10.7 Å². The number of rotatable bonds is 4. The fourth-order valence-electron chi connectivity index (χ4n) is 1.74. The van der Waals surface area contributed by atoms with Gasteiger partial charge < -0.3 is 10.6 Å². The van der Waals surface area contributed by atoms with Gasteiger partial charge >= 0.3 is 0 Å². The Morgan fingerprint density at radius 3 is 2.44 bits per heavy atom. The van der Waals surface area contributed by atoms with Gasteiger partial charge in [-0.2, -0.15) is 20.2 Å². The summed E-state index contributed by atoms with van der Waals surface area (Å²) in [6.45, 7) is 3.93. The van der Waals surface area contributed by atoms with E-state index >= 15 is 0 Å². The molecule has 6 nitrogen and oxygen atoms in total. The third-order valence-corrected chi connectivity index (χ3v) is 3.79. The van der Waals surface area contributed by atoms with Gasteiger partial charge in [0.05, 0.1) is 6.07 Å². The van der Waals surface area contributed by atoms with Crippen LogP contribution in [0, 0.1) is 16.7 Å². The lowest BCUT2D eigenvalue weighted by molar-refractivity contribution is 0.403. The Morgan fingerprint density at radius 1 is 1.33 bits per heavy atom. The molecule has 18 heavy (non-hydrogen) atoms. The molecule has 0 bridgehead atoms. The van der Waals surface area contributed by atoms with Crippen LogP contribution in [0.15, 0.2) is 0 Å². The summed E-state index contributed by atoms with van der Waals surface area (Å²) in [4.78, 5) is 12.0. The van der Waals surface area contributed by atoms with E-state index in [4.69, 9.17) is 11.6 Å². The first-order chi connectivity index (χ1) is 8.42. The summed E-state index contributed by atoms with van der Waals surface area (Å²) in [5.41, 5.74) is -0.747. The fraction of sp³-hybridized carbons (Fsp3) is 0.636. The van der Waals surface area contributed by atoms with Crippen molar-refractivity contribution < 1.29 is 0 Å². The molecule has 1 atom stereocenters. The standard InChI is InChI=1S/C11H15ClN6/c1-10(4-5-10)11(2,6-13)18-9-16-7(12)15-8(14-3)17-9/h4-5H2,1-3H3,(H2,14,15,16,17,18). The second-order valence-electron chi connectivity index (χ2n) is 4.92. The van der Waals surface area contributed by atoms with Gasteiger partial charge in [-0.3, -0.25) is 0 Å². The minimum atomic E-state index is -0.706. The molecule has 2 N–H and O–H groups in total. The number of aromatic nitrogens is 3. The molecule has 1 aliphatic carbocycles. The van der Waals surface area contributed by atoms with E-state index in [2.05, 4.69) is 38.6 Å². The van der Waals surface area contributed by atoms with Gasteiger partial charge in [0.25, 0.3) is 0 Å². The maximum Gasteiger partial charge on any atom is 0.230 e. The molecule has 0 aromatic carbocycles. The van der Waals surface area contributed by atoms with Crippen LogP contribution in [0.5, 0.6) is 0 Å². The zero-order valence-electron chi connectivity index (χ0n) is 10.6. The summed E-state index contributed by atoms with van der Waals surface area (Å²) >= 11 is 5.81. The average Bonchev–Trinajstić information content (AvgIpc) is 3.08. The number of anilines is 2. The highest BCUT2D eigenvalue weighted by atomic mass is 35.5. The zero-order chi connectivity index (χ0) is 13.4. The molecule has 1 unspecified atom stereocenters. The molecular weight excluding hydrogens is 252 g/mol. The second-order valence-corrected chi connectivity index (χ2v) is 5.26. The van der Waals surface area contributed by atoms with Gasteiger partial charge in [0.2, 0.25) is 17.2 Å². The third-order valence-electron chi connectivity index (χ3n) is 3.62. The summed E-state index contributed by atoms with van der Waals surface area (Å²) in [7, 11) is 1.70. The predicted molar refractivity (Wildman–Crippen MR) is 69.4 cm³/mol. The van der Waals surface area contributed by atoms with Crippen LogP contribution in [0.3, 0.4) is 0 Å². The van der Waals surface area contributed by atoms with Gasteiger partial charge in [0.1, 0.15) is 5.54 Å². The van der Waals surface area contributed by atoms with Crippen molar-refractivity contribution in [3.8, 4) is 6.07 Å². The van der Waals surface area contributed by atoms with Gasteiger partial charge in [-0.1, -0.05) is 6.92 Å². The largest absolute Gasteiger partial charge is 0.357 e. The highest BCUT2D eigenvalue weighted by Gasteiger charge is 2.54. The monoisotopic (exact) mass is 266 g/mol. The molecule has 0 amide bonds. The van der Waals surface area contributed by atoms with E-state index < -0.39 is 5.54 Å². The first-order valence-corrected chi connectivity index (χ1v) is 6.09. The van der Waals surface area contributed by atoms with E-state index in [0.717, 1.165) is 12.8 Å². The number of hydrogen-bond donors (Lipinski definition) is 2. The molecule has 7 heteroatoms. The predicted octanol–water partition coefficient (Wildman–Crippen LogP) is 2.06. The summed E-state index contributed by atoms with van der Waals surface area (Å²) in [6.07, 6.45) is 2.03. The van der Waals surface area contributed by atoms with Gasteiger partial charge in [-0.25, -0.2) is 0 Å². The molecule has 1 saturated carbocycles. The SMILES string of the molecule is CNc1nc(Cl)nc(NC(C)(C#N)C2(C)CC2)n1. The van der Waals surface area contributed by atoms with Crippen molar-refractivity contribution in [1.29, 1.82) is 5.26 Å². The Labute approximate surface area is 111 Å². The molecule has 0 aliphatic heterocycles. The minimum absolute atomic E-state index is 0.0410. The lowest BCUT2D eigenvalue weighted by Gasteiger charge is -2.29. The van der Waals surface area contributed by atoms with Crippen molar-refractivity contribution in [3.63, 3.8) is 0 Å². The summed E-state index contributed by atoms with van der Waals surface area (Å²) in [6, 6.07) is 2.31.